The lowest BCUT2D eigenvalue weighted by molar-refractivity contribution is -0.115. The maximum absolute atomic E-state index is 12.5. The third-order valence-electron chi connectivity index (χ3n) is 3.50. The van der Waals surface area contributed by atoms with Crippen molar-refractivity contribution in [2.45, 2.75) is 17.3 Å². The number of hydrogen-bond acceptors (Lipinski definition) is 5. The van der Waals surface area contributed by atoms with Crippen molar-refractivity contribution in [2.75, 3.05) is 5.32 Å². The summed E-state index contributed by atoms with van der Waals surface area (Å²) in [5, 5.41) is 12.0. The Labute approximate surface area is 168 Å². The zero-order valence-corrected chi connectivity index (χ0v) is 16.7. The highest BCUT2D eigenvalue weighted by molar-refractivity contribution is 8.00. The van der Waals surface area contributed by atoms with Crippen molar-refractivity contribution >= 4 is 58.2 Å². The van der Waals surface area contributed by atoms with Crippen molar-refractivity contribution in [3.05, 3.63) is 45.6 Å². The Balaban J connectivity index is 1.71. The number of thioether (sulfide) groups is 1. The van der Waals surface area contributed by atoms with E-state index in [0.29, 0.717) is 37.5 Å². The number of furan rings is 1. The first-order valence-electron chi connectivity index (χ1n) is 7.42. The highest BCUT2D eigenvalue weighted by Gasteiger charge is 2.21. The molecule has 3 rings (SSSR count). The molecular weight excluding hydrogens is 419 g/mol. The van der Waals surface area contributed by atoms with E-state index in [2.05, 4.69) is 15.5 Å². The molecule has 0 aliphatic heterocycles. The highest BCUT2D eigenvalue weighted by Crippen LogP contribution is 2.33. The van der Waals surface area contributed by atoms with Crippen LogP contribution in [0, 0.1) is 0 Å². The molecule has 0 bridgehead atoms. The summed E-state index contributed by atoms with van der Waals surface area (Å²) in [6, 6.07) is 6.56. The average molecular weight is 432 g/mol. The van der Waals surface area contributed by atoms with Crippen LogP contribution < -0.4 is 5.32 Å². The van der Waals surface area contributed by atoms with Crippen molar-refractivity contribution in [1.82, 2.24) is 14.8 Å². The fraction of sp³-hybridized carbons (Fsp3) is 0.188. The van der Waals surface area contributed by atoms with Crippen molar-refractivity contribution in [3.8, 4) is 11.6 Å². The lowest BCUT2D eigenvalue weighted by Gasteiger charge is -2.13. The van der Waals surface area contributed by atoms with E-state index in [0.717, 1.165) is 0 Å². The minimum atomic E-state index is -0.451. The Bertz CT molecular complexity index is 943. The van der Waals surface area contributed by atoms with Crippen LogP contribution >= 0.6 is 46.6 Å². The molecule has 0 fully saturated rings. The predicted molar refractivity (Wildman–Crippen MR) is 104 cm³/mol. The van der Waals surface area contributed by atoms with E-state index >= 15 is 0 Å². The van der Waals surface area contributed by atoms with Gasteiger partial charge >= 0.3 is 0 Å². The lowest BCUT2D eigenvalue weighted by Crippen LogP contribution is -2.23. The van der Waals surface area contributed by atoms with Gasteiger partial charge in [0.15, 0.2) is 16.7 Å². The number of nitrogens with zero attached hydrogens (tertiary/aromatic N) is 3. The van der Waals surface area contributed by atoms with Gasteiger partial charge in [0.2, 0.25) is 5.91 Å². The van der Waals surface area contributed by atoms with E-state index in [-0.39, 0.29) is 5.91 Å². The molecule has 136 valence electrons. The Morgan fingerprint density at radius 2 is 1.96 bits per heavy atom. The quantitative estimate of drug-likeness (QED) is 0.446. The molecule has 10 heteroatoms. The van der Waals surface area contributed by atoms with E-state index in [9.17, 15) is 4.79 Å². The molecule has 1 amide bonds. The van der Waals surface area contributed by atoms with Crippen molar-refractivity contribution in [2.24, 2.45) is 7.05 Å². The number of carbonyl (C=O) groups excluding carboxylic acids is 1. The van der Waals surface area contributed by atoms with Crippen LogP contribution in [-0.4, -0.2) is 25.9 Å². The van der Waals surface area contributed by atoms with Crippen LogP contribution in [0.1, 0.15) is 6.92 Å². The SMILES string of the molecule is C[C@H](Sc1nnc(-c2ccco2)n1C)C(=O)Nc1cc(Cl)c(Cl)cc1Cl. The molecule has 26 heavy (non-hydrogen) atoms. The van der Waals surface area contributed by atoms with Crippen LogP contribution in [0.25, 0.3) is 11.6 Å². The van der Waals surface area contributed by atoms with Gasteiger partial charge in [0.05, 0.1) is 32.3 Å². The van der Waals surface area contributed by atoms with Gasteiger partial charge in [-0.25, -0.2) is 0 Å². The van der Waals surface area contributed by atoms with Crippen molar-refractivity contribution in [3.63, 3.8) is 0 Å². The largest absolute Gasteiger partial charge is 0.461 e. The van der Waals surface area contributed by atoms with Crippen LogP contribution in [0.5, 0.6) is 0 Å². The summed E-state index contributed by atoms with van der Waals surface area (Å²) >= 11 is 19.2. The summed E-state index contributed by atoms with van der Waals surface area (Å²) in [5.74, 6) is 0.932. The van der Waals surface area contributed by atoms with Crippen LogP contribution in [0.15, 0.2) is 40.1 Å². The molecule has 6 nitrogen and oxygen atoms in total. The number of hydrogen-bond donors (Lipinski definition) is 1. The molecule has 0 spiro atoms. The first-order valence-corrected chi connectivity index (χ1v) is 9.43. The van der Waals surface area contributed by atoms with Gasteiger partial charge in [-0.2, -0.15) is 0 Å². The third kappa shape index (κ3) is 4.01. The zero-order chi connectivity index (χ0) is 18.8. The van der Waals surface area contributed by atoms with Crippen LogP contribution in [0.2, 0.25) is 15.1 Å². The Kier molecular flexibility index (Phi) is 5.82. The highest BCUT2D eigenvalue weighted by atomic mass is 35.5. The molecular formula is C16H13Cl3N4O2S. The van der Waals surface area contributed by atoms with Crippen LogP contribution in [0.3, 0.4) is 0 Å². The van der Waals surface area contributed by atoms with Gasteiger partial charge in [0.25, 0.3) is 0 Å². The van der Waals surface area contributed by atoms with Crippen molar-refractivity contribution in [1.29, 1.82) is 0 Å². The number of carbonyl (C=O) groups is 1. The number of halogens is 3. The summed E-state index contributed by atoms with van der Waals surface area (Å²) in [6.45, 7) is 1.76. The van der Waals surface area contributed by atoms with E-state index in [4.69, 9.17) is 39.2 Å². The Morgan fingerprint density at radius 1 is 1.23 bits per heavy atom. The fourth-order valence-electron chi connectivity index (χ4n) is 2.10. The molecule has 0 aliphatic carbocycles. The van der Waals surface area contributed by atoms with Gasteiger partial charge in [0, 0.05) is 7.05 Å². The van der Waals surface area contributed by atoms with Gasteiger partial charge in [-0.1, -0.05) is 46.6 Å². The normalized spacial score (nSPS) is 12.2. The van der Waals surface area contributed by atoms with Gasteiger partial charge < -0.3 is 14.3 Å². The number of benzene rings is 1. The summed E-state index contributed by atoms with van der Waals surface area (Å²) in [4.78, 5) is 12.5. The number of anilines is 1. The monoisotopic (exact) mass is 430 g/mol. The molecule has 2 heterocycles. The smallest absolute Gasteiger partial charge is 0.237 e. The van der Waals surface area contributed by atoms with Gasteiger partial charge in [-0.15, -0.1) is 10.2 Å². The van der Waals surface area contributed by atoms with E-state index in [1.807, 2.05) is 0 Å². The first-order chi connectivity index (χ1) is 12.4. The molecule has 0 saturated heterocycles. The minimum absolute atomic E-state index is 0.252. The van der Waals surface area contributed by atoms with E-state index < -0.39 is 5.25 Å². The fourth-order valence-corrected chi connectivity index (χ4v) is 3.51. The summed E-state index contributed by atoms with van der Waals surface area (Å²) < 4.78 is 7.09. The molecule has 0 aliphatic rings. The first kappa shape index (κ1) is 19.1. The van der Waals surface area contributed by atoms with Crippen LogP contribution in [-0.2, 0) is 11.8 Å². The number of rotatable bonds is 5. The van der Waals surface area contributed by atoms with Gasteiger partial charge in [0.1, 0.15) is 0 Å². The second-order valence-electron chi connectivity index (χ2n) is 5.34. The summed E-state index contributed by atoms with van der Waals surface area (Å²) in [5.41, 5.74) is 0.396. The number of amides is 1. The van der Waals surface area contributed by atoms with Crippen molar-refractivity contribution < 1.29 is 9.21 Å². The molecule has 0 saturated carbocycles. The molecule has 1 N–H and O–H groups in total. The minimum Gasteiger partial charge on any atom is -0.461 e. The second-order valence-corrected chi connectivity index (χ2v) is 7.87. The number of nitrogens with one attached hydrogen (secondary N) is 1. The molecule has 1 aromatic carbocycles. The summed E-state index contributed by atoms with van der Waals surface area (Å²) in [7, 11) is 1.81. The topological polar surface area (TPSA) is 73.0 Å². The molecule has 0 unspecified atom stereocenters. The average Bonchev–Trinajstić information content (AvgIpc) is 3.23. The van der Waals surface area contributed by atoms with Gasteiger partial charge in [-0.05, 0) is 31.2 Å². The van der Waals surface area contributed by atoms with E-state index in [1.165, 1.54) is 23.9 Å². The summed E-state index contributed by atoms with van der Waals surface area (Å²) in [6.07, 6.45) is 1.56. The third-order valence-corrected chi connectivity index (χ3v) is 5.66. The molecule has 0 radical (unpaired) electrons. The second kappa shape index (κ2) is 7.92. The molecule has 1 atom stereocenters. The van der Waals surface area contributed by atoms with Crippen LogP contribution in [0.4, 0.5) is 5.69 Å². The Hall–Kier alpha value is -1.67. The van der Waals surface area contributed by atoms with E-state index in [1.54, 1.807) is 36.9 Å². The Morgan fingerprint density at radius 3 is 2.65 bits per heavy atom. The predicted octanol–water partition coefficient (Wildman–Crippen LogP) is 5.15. The lowest BCUT2D eigenvalue weighted by atomic mass is 10.3. The number of aromatic nitrogens is 3. The van der Waals surface area contributed by atoms with Gasteiger partial charge in [-0.3, -0.25) is 4.79 Å². The standard InChI is InChI=1S/C16H13Cl3N4O2S/c1-8(15(24)20-12-7-10(18)9(17)6-11(12)19)26-16-22-21-14(23(16)2)13-4-3-5-25-13/h3-8H,1-2H3,(H,20,24)/t8-/m0/s1. The molecule has 3 aromatic rings. The maximum Gasteiger partial charge on any atom is 0.237 e. The molecule has 2 aromatic heterocycles. The maximum atomic E-state index is 12.5. The zero-order valence-electron chi connectivity index (χ0n) is 13.7.